The average molecular weight is 187 g/mol. The van der Waals surface area contributed by atoms with Crippen LogP contribution in [0.4, 0.5) is 4.79 Å². The van der Waals surface area contributed by atoms with E-state index < -0.39 is 6.16 Å². The standard InChI is InChI=1S/C4H7NO.C4H6O3/c6-4-2-1-3-5-4;1-3-2-6-4(5)7-3/h1-3H2,(H,5,6);3H,2H2,1H3. The lowest BCUT2D eigenvalue weighted by Crippen LogP contribution is -2.12. The van der Waals surface area contributed by atoms with E-state index in [1.807, 2.05) is 0 Å². The summed E-state index contributed by atoms with van der Waals surface area (Å²) >= 11 is 0. The molecule has 2 aliphatic heterocycles. The molecule has 0 radical (unpaired) electrons. The zero-order valence-corrected chi connectivity index (χ0v) is 7.54. The SMILES string of the molecule is CC1COC(=O)O1.O=C1CCCN1. The van der Waals surface area contributed by atoms with Crippen LogP contribution in [-0.4, -0.2) is 31.3 Å². The molecule has 2 fully saturated rings. The number of rotatable bonds is 0. The Morgan fingerprint density at radius 1 is 1.46 bits per heavy atom. The van der Waals surface area contributed by atoms with E-state index in [2.05, 4.69) is 14.8 Å². The molecule has 0 aromatic carbocycles. The molecule has 2 aliphatic rings. The lowest BCUT2D eigenvalue weighted by Gasteiger charge is -1.90. The van der Waals surface area contributed by atoms with Crippen molar-refractivity contribution in [2.24, 2.45) is 0 Å². The van der Waals surface area contributed by atoms with Crippen LogP contribution < -0.4 is 5.32 Å². The zero-order valence-electron chi connectivity index (χ0n) is 7.54. The van der Waals surface area contributed by atoms with Crippen LogP contribution in [0, 0.1) is 0 Å². The largest absolute Gasteiger partial charge is 0.508 e. The first-order valence-electron chi connectivity index (χ1n) is 4.28. The molecular weight excluding hydrogens is 174 g/mol. The van der Waals surface area contributed by atoms with E-state index in [1.165, 1.54) is 0 Å². The van der Waals surface area contributed by atoms with Gasteiger partial charge in [0.05, 0.1) is 0 Å². The van der Waals surface area contributed by atoms with Gasteiger partial charge in [-0.15, -0.1) is 0 Å². The van der Waals surface area contributed by atoms with Gasteiger partial charge in [-0.1, -0.05) is 0 Å². The summed E-state index contributed by atoms with van der Waals surface area (Å²) < 4.78 is 8.90. The van der Waals surface area contributed by atoms with E-state index in [0.29, 0.717) is 6.61 Å². The first-order chi connectivity index (χ1) is 6.18. The van der Waals surface area contributed by atoms with Gasteiger partial charge in [0.1, 0.15) is 12.7 Å². The van der Waals surface area contributed by atoms with Crippen LogP contribution in [0.1, 0.15) is 19.8 Å². The van der Waals surface area contributed by atoms with E-state index in [9.17, 15) is 9.59 Å². The van der Waals surface area contributed by atoms with Crippen LogP contribution >= 0.6 is 0 Å². The number of cyclic esters (lactones) is 2. The van der Waals surface area contributed by atoms with Crippen molar-refractivity contribution >= 4 is 12.1 Å². The molecule has 5 nitrogen and oxygen atoms in total. The fourth-order valence-corrected chi connectivity index (χ4v) is 0.983. The Bertz CT molecular complexity index is 196. The molecule has 0 bridgehead atoms. The molecule has 2 saturated heterocycles. The highest BCUT2D eigenvalue weighted by Gasteiger charge is 2.19. The van der Waals surface area contributed by atoms with E-state index in [0.717, 1.165) is 19.4 Å². The number of nitrogens with one attached hydrogen (secondary N) is 1. The fourth-order valence-electron chi connectivity index (χ4n) is 0.983. The molecule has 1 atom stereocenters. The maximum Gasteiger partial charge on any atom is 0.508 e. The average Bonchev–Trinajstić information content (AvgIpc) is 2.64. The molecule has 1 unspecified atom stereocenters. The van der Waals surface area contributed by atoms with Crippen molar-refractivity contribution in [2.75, 3.05) is 13.2 Å². The highest BCUT2D eigenvalue weighted by atomic mass is 16.8. The van der Waals surface area contributed by atoms with Crippen LogP contribution in [0.25, 0.3) is 0 Å². The van der Waals surface area contributed by atoms with Gasteiger partial charge in [-0.25, -0.2) is 4.79 Å². The van der Waals surface area contributed by atoms with Gasteiger partial charge in [-0.05, 0) is 13.3 Å². The minimum Gasteiger partial charge on any atom is -0.430 e. The highest BCUT2D eigenvalue weighted by Crippen LogP contribution is 2.02. The number of ether oxygens (including phenoxy) is 2. The smallest absolute Gasteiger partial charge is 0.430 e. The van der Waals surface area contributed by atoms with Crippen molar-refractivity contribution in [3.63, 3.8) is 0 Å². The van der Waals surface area contributed by atoms with Crippen molar-refractivity contribution in [1.29, 1.82) is 0 Å². The van der Waals surface area contributed by atoms with Gasteiger partial charge in [0.2, 0.25) is 5.91 Å². The summed E-state index contributed by atoms with van der Waals surface area (Å²) in [6, 6.07) is 0. The maximum absolute atomic E-state index is 10.1. The minimum atomic E-state index is -0.549. The molecule has 1 amide bonds. The molecule has 5 heteroatoms. The molecule has 0 spiro atoms. The second-order valence-electron chi connectivity index (χ2n) is 2.94. The van der Waals surface area contributed by atoms with Crippen molar-refractivity contribution < 1.29 is 19.1 Å². The third-order valence-electron chi connectivity index (χ3n) is 1.64. The molecule has 0 saturated carbocycles. The van der Waals surface area contributed by atoms with Gasteiger partial charge < -0.3 is 14.8 Å². The van der Waals surface area contributed by atoms with Crippen LogP contribution in [0.2, 0.25) is 0 Å². The van der Waals surface area contributed by atoms with Crippen molar-refractivity contribution in [1.82, 2.24) is 5.32 Å². The number of amides is 1. The molecule has 0 aliphatic carbocycles. The van der Waals surface area contributed by atoms with Gasteiger partial charge in [0.15, 0.2) is 0 Å². The molecule has 2 heterocycles. The predicted molar refractivity (Wildman–Crippen MR) is 44.1 cm³/mol. The number of hydrogen-bond acceptors (Lipinski definition) is 4. The normalized spacial score (nSPS) is 25.5. The summed E-state index contributed by atoms with van der Waals surface area (Å²) in [5.74, 6) is 0.204. The number of carbonyl (C=O) groups excluding carboxylic acids is 2. The first kappa shape index (κ1) is 9.83. The van der Waals surface area contributed by atoms with E-state index in [1.54, 1.807) is 6.92 Å². The van der Waals surface area contributed by atoms with Crippen molar-refractivity contribution in [3.05, 3.63) is 0 Å². The second kappa shape index (κ2) is 4.69. The van der Waals surface area contributed by atoms with Crippen molar-refractivity contribution in [2.45, 2.75) is 25.9 Å². The summed E-state index contributed by atoms with van der Waals surface area (Å²) in [5, 5.41) is 2.68. The molecule has 0 aromatic rings. The Balaban J connectivity index is 0.000000132. The van der Waals surface area contributed by atoms with Gasteiger partial charge in [0, 0.05) is 13.0 Å². The minimum absolute atomic E-state index is 0.0486. The molecular formula is C8H13NO4. The van der Waals surface area contributed by atoms with Crippen molar-refractivity contribution in [3.8, 4) is 0 Å². The zero-order chi connectivity index (χ0) is 9.68. The van der Waals surface area contributed by atoms with E-state index in [4.69, 9.17) is 0 Å². The Hall–Kier alpha value is -1.26. The number of hydrogen-bond donors (Lipinski definition) is 1. The summed E-state index contributed by atoms with van der Waals surface area (Å²) in [5.41, 5.74) is 0. The van der Waals surface area contributed by atoms with Crippen LogP contribution in [-0.2, 0) is 14.3 Å². The molecule has 1 N–H and O–H groups in total. The summed E-state index contributed by atoms with van der Waals surface area (Å²) in [6.45, 7) is 3.07. The van der Waals surface area contributed by atoms with Gasteiger partial charge in [0.25, 0.3) is 0 Å². The van der Waals surface area contributed by atoms with Gasteiger partial charge in [-0.2, -0.15) is 0 Å². The molecule has 0 aromatic heterocycles. The highest BCUT2D eigenvalue weighted by molar-refractivity contribution is 5.77. The second-order valence-corrected chi connectivity index (χ2v) is 2.94. The monoisotopic (exact) mass is 187 g/mol. The molecule has 2 rings (SSSR count). The van der Waals surface area contributed by atoms with Crippen LogP contribution in [0.15, 0.2) is 0 Å². The Morgan fingerprint density at radius 3 is 2.38 bits per heavy atom. The Kier molecular flexibility index (Phi) is 3.54. The Labute approximate surface area is 76.4 Å². The molecule has 13 heavy (non-hydrogen) atoms. The lowest BCUT2D eigenvalue weighted by atomic mass is 10.4. The maximum atomic E-state index is 10.1. The summed E-state index contributed by atoms with van der Waals surface area (Å²) in [4.78, 5) is 20.1. The predicted octanol–water partition coefficient (Wildman–Crippen LogP) is 0.438. The number of carbonyl (C=O) groups is 2. The van der Waals surface area contributed by atoms with Gasteiger partial charge in [-0.3, -0.25) is 4.79 Å². The third kappa shape index (κ3) is 3.78. The summed E-state index contributed by atoms with van der Waals surface area (Å²) in [7, 11) is 0. The topological polar surface area (TPSA) is 64.6 Å². The molecule has 74 valence electrons. The Morgan fingerprint density at radius 2 is 2.23 bits per heavy atom. The van der Waals surface area contributed by atoms with Crippen LogP contribution in [0.3, 0.4) is 0 Å². The fraction of sp³-hybridized carbons (Fsp3) is 0.750. The lowest BCUT2D eigenvalue weighted by molar-refractivity contribution is -0.119. The van der Waals surface area contributed by atoms with Gasteiger partial charge >= 0.3 is 6.16 Å². The van der Waals surface area contributed by atoms with Crippen LogP contribution in [0.5, 0.6) is 0 Å². The third-order valence-corrected chi connectivity index (χ3v) is 1.64. The summed E-state index contributed by atoms with van der Waals surface area (Å²) in [6.07, 6.45) is 1.17. The first-order valence-corrected chi connectivity index (χ1v) is 4.28. The van der Waals surface area contributed by atoms with E-state index >= 15 is 0 Å². The van der Waals surface area contributed by atoms with E-state index in [-0.39, 0.29) is 12.0 Å². The quantitative estimate of drug-likeness (QED) is 0.559.